The summed E-state index contributed by atoms with van der Waals surface area (Å²) in [6, 6.07) is 18.8. The van der Waals surface area contributed by atoms with Gasteiger partial charge in [-0.05, 0) is 66.4 Å². The first-order valence-corrected chi connectivity index (χ1v) is 11.1. The van der Waals surface area contributed by atoms with Gasteiger partial charge in [-0.1, -0.05) is 23.7 Å². The van der Waals surface area contributed by atoms with Crippen molar-refractivity contribution in [3.63, 3.8) is 0 Å². The highest BCUT2D eigenvalue weighted by Gasteiger charge is 2.17. The summed E-state index contributed by atoms with van der Waals surface area (Å²) in [5.41, 5.74) is 6.58. The van der Waals surface area contributed by atoms with Crippen LogP contribution in [-0.2, 0) is 11.8 Å². The van der Waals surface area contributed by atoms with Crippen LogP contribution in [-0.4, -0.2) is 40.3 Å². The molecule has 0 fully saturated rings. The first-order valence-electron chi connectivity index (χ1n) is 10.7. The molecular formula is C27H25ClN4O2. The predicted molar refractivity (Wildman–Crippen MR) is 138 cm³/mol. The van der Waals surface area contributed by atoms with E-state index >= 15 is 0 Å². The van der Waals surface area contributed by atoms with Gasteiger partial charge in [0, 0.05) is 49.7 Å². The third-order valence-corrected chi connectivity index (χ3v) is 5.96. The van der Waals surface area contributed by atoms with Crippen LogP contribution in [0.15, 0.2) is 48.7 Å². The molecule has 6 nitrogen and oxygen atoms in total. The van der Waals surface area contributed by atoms with Crippen molar-refractivity contribution in [3.05, 3.63) is 64.8 Å². The number of rotatable bonds is 4. The van der Waals surface area contributed by atoms with Gasteiger partial charge in [0.25, 0.3) is 0 Å². The Bertz CT molecular complexity index is 1480. The molecule has 0 aliphatic heterocycles. The van der Waals surface area contributed by atoms with Crippen LogP contribution < -0.4 is 4.90 Å². The number of aromatic hydroxyl groups is 1. The molecule has 0 aliphatic carbocycles. The number of aryl methyl sites for hydroxylation is 3. The second-order valence-electron chi connectivity index (χ2n) is 8.46. The fraction of sp³-hybridized carbons (Fsp3) is 0.185. The van der Waals surface area contributed by atoms with Gasteiger partial charge in [0.15, 0.2) is 0 Å². The van der Waals surface area contributed by atoms with Crippen molar-refractivity contribution in [2.75, 3.05) is 19.0 Å². The van der Waals surface area contributed by atoms with Gasteiger partial charge < -0.3 is 10.0 Å². The summed E-state index contributed by atoms with van der Waals surface area (Å²) in [4.78, 5) is 14.4. The van der Waals surface area contributed by atoms with Gasteiger partial charge in [-0.3, -0.25) is 9.48 Å². The Labute approximate surface area is 204 Å². The molecule has 4 aromatic rings. The number of fused-ring (bicyclic) bond motifs is 1. The van der Waals surface area contributed by atoms with E-state index < -0.39 is 0 Å². The van der Waals surface area contributed by atoms with Crippen LogP contribution >= 0.6 is 11.6 Å². The van der Waals surface area contributed by atoms with Crippen molar-refractivity contribution in [3.8, 4) is 40.1 Å². The van der Waals surface area contributed by atoms with E-state index in [0.29, 0.717) is 22.7 Å². The first kappa shape index (κ1) is 23.2. The first-order chi connectivity index (χ1) is 16.2. The fourth-order valence-corrected chi connectivity index (χ4v) is 4.23. The number of benzene rings is 3. The molecule has 3 aromatic carbocycles. The lowest BCUT2D eigenvalue weighted by Gasteiger charge is -2.16. The summed E-state index contributed by atoms with van der Waals surface area (Å²) in [5, 5.41) is 17.1. The Kier molecular flexibility index (Phi) is 6.23. The highest BCUT2D eigenvalue weighted by Crippen LogP contribution is 2.42. The quantitative estimate of drug-likeness (QED) is 0.248. The zero-order chi connectivity index (χ0) is 24.6. The molecule has 0 spiro atoms. The maximum Gasteiger partial charge on any atom is 0.226 e. The molecule has 1 heterocycles. The van der Waals surface area contributed by atoms with Crippen LogP contribution in [0.5, 0.6) is 5.75 Å². The summed E-state index contributed by atoms with van der Waals surface area (Å²) in [5.74, 6) is 0.162. The molecule has 34 heavy (non-hydrogen) atoms. The Morgan fingerprint density at radius 2 is 1.74 bits per heavy atom. The van der Waals surface area contributed by atoms with E-state index in [-0.39, 0.29) is 5.75 Å². The van der Waals surface area contributed by atoms with Gasteiger partial charge in [-0.25, -0.2) is 4.90 Å². The minimum atomic E-state index is 0.162. The monoisotopic (exact) mass is 472 g/mol. The van der Waals surface area contributed by atoms with E-state index in [1.165, 1.54) is 4.90 Å². The van der Waals surface area contributed by atoms with E-state index in [4.69, 9.17) is 11.6 Å². The van der Waals surface area contributed by atoms with Crippen molar-refractivity contribution < 1.29 is 9.90 Å². The van der Waals surface area contributed by atoms with Crippen LogP contribution in [0.2, 0.25) is 5.02 Å². The number of aromatic nitrogens is 2. The Morgan fingerprint density at radius 1 is 1.03 bits per heavy atom. The Hall–Kier alpha value is -3.95. The van der Waals surface area contributed by atoms with Crippen molar-refractivity contribution in [2.24, 2.45) is 7.05 Å². The van der Waals surface area contributed by atoms with Crippen molar-refractivity contribution in [2.45, 2.75) is 13.8 Å². The number of hydrogen-bond acceptors (Lipinski definition) is 4. The number of nitrogens with zero attached hydrogens (tertiary/aromatic N) is 4. The molecule has 0 radical (unpaired) electrons. The van der Waals surface area contributed by atoms with E-state index in [0.717, 1.165) is 38.7 Å². The molecule has 1 N–H and O–H groups in total. The highest BCUT2D eigenvalue weighted by molar-refractivity contribution is 6.34. The third kappa shape index (κ3) is 4.30. The second kappa shape index (κ2) is 9.12. The van der Waals surface area contributed by atoms with Crippen LogP contribution in [0, 0.1) is 25.9 Å². The molecule has 0 saturated heterocycles. The van der Waals surface area contributed by atoms with Crippen molar-refractivity contribution in [1.82, 2.24) is 14.7 Å². The molecule has 0 bridgehead atoms. The summed E-state index contributed by atoms with van der Waals surface area (Å²) in [6.45, 7) is 4.03. The number of carbonyl (C=O) groups excluding carboxylic acids is 1. The van der Waals surface area contributed by atoms with Crippen LogP contribution in [0.25, 0.3) is 33.2 Å². The van der Waals surface area contributed by atoms with Crippen LogP contribution in [0.4, 0.5) is 5.69 Å². The fourth-order valence-electron chi connectivity index (χ4n) is 3.96. The van der Waals surface area contributed by atoms with Crippen LogP contribution in [0.3, 0.4) is 0 Å². The average Bonchev–Trinajstić information content (AvgIpc) is 3.17. The molecule has 0 atom stereocenters. The average molecular weight is 473 g/mol. The number of amides is 1. The maximum atomic E-state index is 11.6. The molecule has 0 unspecified atom stereocenters. The topological polar surface area (TPSA) is 61.6 Å². The second-order valence-corrected chi connectivity index (χ2v) is 8.87. The molecule has 1 aromatic heterocycles. The SMILES string of the molecule is Cc1cc(-c2ccc(N(C#CN(C)C)C=O)c(Cl)c2)c(O)c(-c2cc(C)c3cnn(C)c3c2)c1. The number of anilines is 1. The van der Waals surface area contributed by atoms with Gasteiger partial charge in [-0.2, -0.15) is 5.10 Å². The van der Waals surface area contributed by atoms with Gasteiger partial charge >= 0.3 is 0 Å². The lowest BCUT2D eigenvalue weighted by molar-refractivity contribution is -0.106. The Balaban J connectivity index is 1.82. The summed E-state index contributed by atoms with van der Waals surface area (Å²) >= 11 is 6.53. The zero-order valence-electron chi connectivity index (χ0n) is 19.7. The smallest absolute Gasteiger partial charge is 0.226 e. The lowest BCUT2D eigenvalue weighted by Crippen LogP contribution is -2.15. The molecular weight excluding hydrogens is 448 g/mol. The van der Waals surface area contributed by atoms with Crippen molar-refractivity contribution in [1.29, 1.82) is 0 Å². The normalized spacial score (nSPS) is 10.6. The maximum absolute atomic E-state index is 11.6. The van der Waals surface area contributed by atoms with E-state index in [9.17, 15) is 9.90 Å². The standard InChI is InChI=1S/C27H25ClN4O2/c1-17-10-21(19-6-7-25(24(28)13-19)32(16-33)9-8-30(3)4)27(34)22(11-17)20-12-18(2)23-15-29-31(5)26(23)14-20/h6-7,10-16,34H,1-5H3. The van der Waals surface area contributed by atoms with Gasteiger partial charge in [0.05, 0.1) is 22.4 Å². The Morgan fingerprint density at radius 3 is 2.38 bits per heavy atom. The molecule has 0 saturated carbocycles. The largest absolute Gasteiger partial charge is 0.507 e. The van der Waals surface area contributed by atoms with E-state index in [2.05, 4.69) is 23.3 Å². The summed E-state index contributed by atoms with van der Waals surface area (Å²) in [7, 11) is 5.47. The number of phenols is 1. The minimum absolute atomic E-state index is 0.162. The molecule has 172 valence electrons. The molecule has 7 heteroatoms. The molecule has 1 amide bonds. The number of phenolic OH excluding ortho intramolecular Hbond substituents is 1. The number of carbonyl (C=O) groups is 1. The molecule has 4 rings (SSSR count). The third-order valence-electron chi connectivity index (χ3n) is 5.66. The highest BCUT2D eigenvalue weighted by atomic mass is 35.5. The van der Waals surface area contributed by atoms with Gasteiger partial charge in [0.1, 0.15) is 5.75 Å². The predicted octanol–water partition coefficient (Wildman–Crippen LogP) is 5.33. The molecule has 0 aliphatic rings. The van der Waals surface area contributed by atoms with Crippen LogP contribution in [0.1, 0.15) is 11.1 Å². The zero-order valence-corrected chi connectivity index (χ0v) is 20.5. The minimum Gasteiger partial charge on any atom is -0.507 e. The number of halogens is 1. The number of hydrogen-bond donors (Lipinski definition) is 1. The van der Waals surface area contributed by atoms with Crippen molar-refractivity contribution >= 4 is 34.6 Å². The van der Waals surface area contributed by atoms with E-state index in [1.54, 1.807) is 31.1 Å². The lowest BCUT2D eigenvalue weighted by atomic mass is 9.93. The van der Waals surface area contributed by atoms with Gasteiger partial charge in [-0.15, -0.1) is 0 Å². The van der Waals surface area contributed by atoms with E-state index in [1.807, 2.05) is 56.0 Å². The summed E-state index contributed by atoms with van der Waals surface area (Å²) in [6.07, 6.45) is 2.47. The summed E-state index contributed by atoms with van der Waals surface area (Å²) < 4.78 is 1.83. The van der Waals surface area contributed by atoms with Gasteiger partial charge in [0.2, 0.25) is 6.41 Å².